The molecule has 3 rings (SSSR count). The maximum Gasteiger partial charge on any atom is 0.573 e. The van der Waals surface area contributed by atoms with Crippen LogP contribution in [0.25, 0.3) is 0 Å². The normalized spacial score (nSPS) is 18.6. The lowest BCUT2D eigenvalue weighted by Gasteiger charge is -2.18. The molecule has 0 aliphatic carbocycles. The maximum absolute atomic E-state index is 12.5. The molecule has 0 amide bonds. The third-order valence-electron chi connectivity index (χ3n) is 4.35. The summed E-state index contributed by atoms with van der Waals surface area (Å²) >= 11 is -1.69. The van der Waals surface area contributed by atoms with Crippen molar-refractivity contribution in [1.82, 2.24) is 9.62 Å². The van der Waals surface area contributed by atoms with Crippen molar-refractivity contribution in [3.63, 3.8) is 0 Å². The zero-order chi connectivity index (χ0) is 21.7. The number of benzene rings is 2. The Bertz CT molecular complexity index is 823. The summed E-state index contributed by atoms with van der Waals surface area (Å²) in [6, 6.07) is 11.3. The van der Waals surface area contributed by atoms with Crippen LogP contribution in [0.1, 0.15) is 12.0 Å². The van der Waals surface area contributed by atoms with E-state index in [9.17, 15) is 26.5 Å². The van der Waals surface area contributed by atoms with Crippen LogP contribution in [0, 0.1) is 0 Å². The summed E-state index contributed by atoms with van der Waals surface area (Å²) in [5.41, 5.74) is 0.912. The van der Waals surface area contributed by atoms with Gasteiger partial charge < -0.3 is 14.0 Å². The first-order chi connectivity index (χ1) is 14.2. The second-order valence-corrected chi connectivity index (χ2v) is 7.90. The van der Waals surface area contributed by atoms with Gasteiger partial charge in [0.2, 0.25) is 0 Å². The molecule has 30 heavy (non-hydrogen) atoms. The molecule has 1 N–H and O–H groups in total. The van der Waals surface area contributed by atoms with Crippen LogP contribution in [0.2, 0.25) is 0 Å². The molecular weight excluding hydrogens is 431 g/mol. The highest BCUT2D eigenvalue weighted by atomic mass is 32.2. The Hall–Kier alpha value is -2.08. The molecule has 0 radical (unpaired) electrons. The highest BCUT2D eigenvalue weighted by Crippen LogP contribution is 2.25. The Morgan fingerprint density at radius 1 is 1.13 bits per heavy atom. The van der Waals surface area contributed by atoms with Crippen molar-refractivity contribution in [1.29, 1.82) is 0 Å². The van der Waals surface area contributed by atoms with E-state index in [0.29, 0.717) is 19.5 Å². The number of likely N-dealkylation sites (tertiary alicyclic amines) is 1. The van der Waals surface area contributed by atoms with E-state index in [-0.39, 0.29) is 16.7 Å². The van der Waals surface area contributed by atoms with Crippen molar-refractivity contribution in [2.75, 3.05) is 13.1 Å². The van der Waals surface area contributed by atoms with Crippen molar-refractivity contribution < 1.29 is 36.0 Å². The van der Waals surface area contributed by atoms with Crippen LogP contribution < -0.4 is 14.2 Å². The molecule has 2 aromatic rings. The first-order valence-electron chi connectivity index (χ1n) is 8.98. The minimum Gasteiger partial charge on any atom is -0.593 e. The van der Waals surface area contributed by atoms with Crippen molar-refractivity contribution in [3.05, 3.63) is 54.1 Å². The fraction of sp³-hybridized carbons (Fsp3) is 0.368. The van der Waals surface area contributed by atoms with E-state index < -0.39 is 30.1 Å². The second kappa shape index (κ2) is 9.82. The van der Waals surface area contributed by atoms with Gasteiger partial charge in [0.1, 0.15) is 11.5 Å². The Morgan fingerprint density at radius 3 is 2.53 bits per heavy atom. The van der Waals surface area contributed by atoms with Gasteiger partial charge in [-0.3, -0.25) is 4.90 Å². The van der Waals surface area contributed by atoms with Crippen LogP contribution in [-0.4, -0.2) is 41.6 Å². The van der Waals surface area contributed by atoms with E-state index in [2.05, 4.69) is 19.1 Å². The fourth-order valence-electron chi connectivity index (χ4n) is 3.11. The standard InChI is InChI=1S/C19H19F5N2O3S/c20-18(21)28-15-6-4-13(5-7-15)11-26-9-8-14(12-26)25-30(27)17-3-1-2-16(10-17)29-19(22,23)24/h1-7,10,14,18,25H,8-9,11-12H2/t14-,30?/m1/s1. The summed E-state index contributed by atoms with van der Waals surface area (Å²) < 4.78 is 85.0. The molecule has 164 valence electrons. The molecule has 1 heterocycles. The lowest BCUT2D eigenvalue weighted by Crippen LogP contribution is -2.37. The molecule has 0 aromatic heterocycles. The van der Waals surface area contributed by atoms with Crippen LogP contribution in [-0.2, 0) is 17.9 Å². The Balaban J connectivity index is 1.50. The Kier molecular flexibility index (Phi) is 7.40. The zero-order valence-electron chi connectivity index (χ0n) is 15.6. The van der Waals surface area contributed by atoms with Crippen LogP contribution in [0.15, 0.2) is 53.4 Å². The van der Waals surface area contributed by atoms with Crippen LogP contribution >= 0.6 is 0 Å². The average Bonchev–Trinajstić information content (AvgIpc) is 3.08. The number of alkyl halides is 5. The largest absolute Gasteiger partial charge is 0.593 e. The summed E-state index contributed by atoms with van der Waals surface area (Å²) in [7, 11) is 0. The van der Waals surface area contributed by atoms with Gasteiger partial charge in [-0.2, -0.15) is 8.78 Å². The molecule has 1 unspecified atom stereocenters. The van der Waals surface area contributed by atoms with Crippen molar-refractivity contribution >= 4 is 11.4 Å². The molecule has 5 nitrogen and oxygen atoms in total. The van der Waals surface area contributed by atoms with E-state index in [0.717, 1.165) is 24.2 Å². The van der Waals surface area contributed by atoms with E-state index in [1.54, 1.807) is 12.1 Å². The number of nitrogens with one attached hydrogen (secondary N) is 1. The van der Waals surface area contributed by atoms with Gasteiger partial charge in [0.25, 0.3) is 0 Å². The third-order valence-corrected chi connectivity index (χ3v) is 5.58. The molecule has 2 aromatic carbocycles. The van der Waals surface area contributed by atoms with Crippen molar-refractivity contribution in [3.8, 4) is 11.5 Å². The summed E-state index contributed by atoms with van der Waals surface area (Å²) in [4.78, 5) is 2.28. The molecule has 1 fully saturated rings. The topological polar surface area (TPSA) is 56.8 Å². The highest BCUT2D eigenvalue weighted by molar-refractivity contribution is 7.89. The molecule has 1 saturated heterocycles. The Labute approximate surface area is 173 Å². The second-order valence-electron chi connectivity index (χ2n) is 6.65. The molecular formula is C19H19F5N2O3S. The molecule has 0 bridgehead atoms. The predicted molar refractivity (Wildman–Crippen MR) is 99.4 cm³/mol. The molecule has 11 heteroatoms. The monoisotopic (exact) mass is 450 g/mol. The van der Waals surface area contributed by atoms with E-state index in [1.807, 2.05) is 0 Å². The highest BCUT2D eigenvalue weighted by Gasteiger charge is 2.32. The number of nitrogens with zero attached hydrogens (tertiary/aromatic N) is 1. The van der Waals surface area contributed by atoms with Crippen LogP contribution in [0.4, 0.5) is 22.0 Å². The number of ether oxygens (including phenoxy) is 2. The maximum atomic E-state index is 12.5. The van der Waals surface area contributed by atoms with Gasteiger partial charge in [0.15, 0.2) is 4.90 Å². The number of halogens is 5. The van der Waals surface area contributed by atoms with Gasteiger partial charge >= 0.3 is 13.0 Å². The van der Waals surface area contributed by atoms with Gasteiger partial charge in [0, 0.05) is 25.7 Å². The third kappa shape index (κ3) is 7.01. The predicted octanol–water partition coefficient (Wildman–Crippen LogP) is 4.07. The first-order valence-corrected chi connectivity index (χ1v) is 10.1. The molecule has 0 saturated carbocycles. The minimum atomic E-state index is -4.82. The quantitative estimate of drug-likeness (QED) is 0.485. The van der Waals surface area contributed by atoms with Gasteiger partial charge in [0.05, 0.1) is 17.4 Å². The fourth-order valence-corrected chi connectivity index (χ4v) is 4.17. The average molecular weight is 450 g/mol. The van der Waals surface area contributed by atoms with Gasteiger partial charge in [-0.1, -0.05) is 18.2 Å². The van der Waals surface area contributed by atoms with E-state index >= 15 is 0 Å². The van der Waals surface area contributed by atoms with E-state index in [1.165, 1.54) is 24.3 Å². The molecule has 1 aliphatic rings. The summed E-state index contributed by atoms with van der Waals surface area (Å²) in [6.45, 7) is -0.988. The molecule has 1 aliphatic heterocycles. The smallest absolute Gasteiger partial charge is 0.573 e. The van der Waals surface area contributed by atoms with E-state index in [4.69, 9.17) is 0 Å². The lowest BCUT2D eigenvalue weighted by atomic mass is 10.2. The summed E-state index contributed by atoms with van der Waals surface area (Å²) in [5.74, 6) is -0.343. The van der Waals surface area contributed by atoms with Crippen LogP contribution in [0.3, 0.4) is 0 Å². The Morgan fingerprint density at radius 2 is 1.87 bits per heavy atom. The van der Waals surface area contributed by atoms with Gasteiger partial charge in [-0.05, 0) is 36.2 Å². The number of hydrogen-bond donors (Lipinski definition) is 1. The van der Waals surface area contributed by atoms with Crippen molar-refractivity contribution in [2.24, 2.45) is 0 Å². The van der Waals surface area contributed by atoms with Crippen molar-refractivity contribution in [2.45, 2.75) is 36.9 Å². The lowest BCUT2D eigenvalue weighted by molar-refractivity contribution is -0.274. The SMILES string of the molecule is [O-][S+](N[C@@H]1CCN(Cc2ccc(OC(F)F)cc2)C1)c1cccc(OC(F)(F)F)c1. The summed E-state index contributed by atoms with van der Waals surface area (Å²) in [6.07, 6.45) is -4.11. The van der Waals surface area contributed by atoms with Gasteiger partial charge in [-0.15, -0.1) is 17.9 Å². The number of hydrogen-bond acceptors (Lipinski definition) is 5. The zero-order valence-corrected chi connectivity index (χ0v) is 16.4. The van der Waals surface area contributed by atoms with Crippen LogP contribution in [0.5, 0.6) is 11.5 Å². The minimum absolute atomic E-state index is 0.0850. The number of rotatable bonds is 8. The molecule has 0 spiro atoms. The van der Waals surface area contributed by atoms with Gasteiger partial charge in [-0.25, -0.2) is 0 Å². The molecule has 2 atom stereocenters. The first kappa shape index (κ1) is 22.6. The summed E-state index contributed by atoms with van der Waals surface area (Å²) in [5, 5.41) is 0.